The number of nitrogens with zero attached hydrogens (tertiary/aromatic N) is 5. The average molecular weight is 370 g/mol. The monoisotopic (exact) mass is 370 g/mol. The Bertz CT molecular complexity index is 1030. The minimum absolute atomic E-state index is 0.192. The van der Waals surface area contributed by atoms with E-state index in [-0.39, 0.29) is 18.0 Å². The minimum Gasteiger partial charge on any atom is -0.300 e. The molecule has 0 fully saturated rings. The Labute approximate surface area is 153 Å². The van der Waals surface area contributed by atoms with Crippen LogP contribution in [0.5, 0.6) is 0 Å². The molecule has 1 aromatic carbocycles. The van der Waals surface area contributed by atoms with Crippen LogP contribution >= 0.6 is 11.3 Å². The highest BCUT2D eigenvalue weighted by atomic mass is 32.1. The number of fused-ring (bicyclic) bond motifs is 2. The highest BCUT2D eigenvalue weighted by Gasteiger charge is 2.20. The summed E-state index contributed by atoms with van der Waals surface area (Å²) in [6.07, 6.45) is 0.894. The van der Waals surface area contributed by atoms with Crippen LogP contribution in [-0.2, 0) is 24.3 Å². The van der Waals surface area contributed by atoms with Crippen molar-refractivity contribution in [1.29, 1.82) is 0 Å². The first kappa shape index (κ1) is 16.8. The van der Waals surface area contributed by atoms with Gasteiger partial charge in [-0.1, -0.05) is 24.3 Å². The van der Waals surface area contributed by atoms with Gasteiger partial charge in [0.05, 0.1) is 11.1 Å². The standard InChI is InChI=1S/C17H18N6O2S/c1-2-22-8-7-13-14(9-22)26-17(18-13)19-15(24)10-23-16(25)11-5-3-4-6-12(11)20-21-23/h3-6H,2,7-10H2,1H3,(H,18,19,24). The van der Waals surface area contributed by atoms with Gasteiger partial charge in [0, 0.05) is 24.4 Å². The normalized spacial score (nSPS) is 14.3. The third-order valence-electron chi connectivity index (χ3n) is 4.43. The van der Waals surface area contributed by atoms with Crippen molar-refractivity contribution in [2.75, 3.05) is 18.4 Å². The number of aromatic nitrogens is 4. The highest BCUT2D eigenvalue weighted by Crippen LogP contribution is 2.28. The molecule has 1 aliphatic heterocycles. The zero-order valence-corrected chi connectivity index (χ0v) is 15.1. The van der Waals surface area contributed by atoms with E-state index in [4.69, 9.17) is 0 Å². The predicted molar refractivity (Wildman–Crippen MR) is 99.2 cm³/mol. The summed E-state index contributed by atoms with van der Waals surface area (Å²) >= 11 is 1.49. The van der Waals surface area contributed by atoms with Gasteiger partial charge < -0.3 is 5.32 Å². The maximum Gasteiger partial charge on any atom is 0.278 e. The second-order valence-electron chi connectivity index (χ2n) is 6.13. The van der Waals surface area contributed by atoms with Crippen molar-refractivity contribution in [2.45, 2.75) is 26.4 Å². The smallest absolute Gasteiger partial charge is 0.278 e. The van der Waals surface area contributed by atoms with E-state index in [1.54, 1.807) is 24.3 Å². The lowest BCUT2D eigenvalue weighted by molar-refractivity contribution is -0.117. The van der Waals surface area contributed by atoms with Crippen LogP contribution < -0.4 is 10.9 Å². The van der Waals surface area contributed by atoms with Crippen molar-refractivity contribution in [3.05, 3.63) is 45.2 Å². The van der Waals surface area contributed by atoms with Crippen molar-refractivity contribution >= 4 is 33.3 Å². The molecule has 26 heavy (non-hydrogen) atoms. The van der Waals surface area contributed by atoms with Crippen LogP contribution in [-0.4, -0.2) is 43.9 Å². The Morgan fingerprint density at radius 2 is 2.19 bits per heavy atom. The number of anilines is 1. The summed E-state index contributed by atoms with van der Waals surface area (Å²) in [5.74, 6) is -0.338. The molecule has 0 unspecified atom stereocenters. The molecule has 8 nitrogen and oxygen atoms in total. The van der Waals surface area contributed by atoms with Gasteiger partial charge in [0.1, 0.15) is 12.1 Å². The SMILES string of the molecule is CCN1CCc2nc(NC(=O)Cn3nnc4ccccc4c3=O)sc2C1. The van der Waals surface area contributed by atoms with Gasteiger partial charge in [-0.25, -0.2) is 9.67 Å². The molecule has 4 rings (SSSR count). The van der Waals surface area contributed by atoms with Gasteiger partial charge in [-0.05, 0) is 18.7 Å². The number of amides is 1. The number of hydrogen-bond donors (Lipinski definition) is 1. The molecule has 0 spiro atoms. The first-order chi connectivity index (χ1) is 12.6. The first-order valence-corrected chi connectivity index (χ1v) is 9.29. The summed E-state index contributed by atoms with van der Waals surface area (Å²) in [6, 6.07) is 6.94. The van der Waals surface area contributed by atoms with Gasteiger partial charge in [-0.3, -0.25) is 14.5 Å². The average Bonchev–Trinajstić information content (AvgIpc) is 3.05. The van der Waals surface area contributed by atoms with Gasteiger partial charge in [0.25, 0.3) is 5.56 Å². The summed E-state index contributed by atoms with van der Waals surface area (Å²) in [5, 5.41) is 11.6. The lowest BCUT2D eigenvalue weighted by Crippen LogP contribution is -2.30. The third kappa shape index (κ3) is 3.23. The maximum absolute atomic E-state index is 12.4. The molecule has 0 saturated heterocycles. The van der Waals surface area contributed by atoms with Crippen LogP contribution in [0.25, 0.3) is 10.9 Å². The van der Waals surface area contributed by atoms with Crippen LogP contribution in [0.3, 0.4) is 0 Å². The van der Waals surface area contributed by atoms with Gasteiger partial charge in [0.15, 0.2) is 5.13 Å². The van der Waals surface area contributed by atoms with Gasteiger partial charge >= 0.3 is 0 Å². The van der Waals surface area contributed by atoms with E-state index < -0.39 is 0 Å². The van der Waals surface area contributed by atoms with Crippen molar-refractivity contribution < 1.29 is 4.79 Å². The molecule has 9 heteroatoms. The molecule has 0 saturated carbocycles. The quantitative estimate of drug-likeness (QED) is 0.743. The number of carbonyl (C=O) groups is 1. The number of rotatable bonds is 4. The largest absolute Gasteiger partial charge is 0.300 e. The highest BCUT2D eigenvalue weighted by molar-refractivity contribution is 7.15. The molecule has 3 aromatic rings. The van der Waals surface area contributed by atoms with E-state index in [1.165, 1.54) is 16.2 Å². The second kappa shape index (κ2) is 6.93. The minimum atomic E-state index is -0.338. The fourth-order valence-corrected chi connectivity index (χ4v) is 4.06. The first-order valence-electron chi connectivity index (χ1n) is 8.47. The van der Waals surface area contributed by atoms with E-state index in [1.807, 2.05) is 0 Å². The Morgan fingerprint density at radius 1 is 1.35 bits per heavy atom. The summed E-state index contributed by atoms with van der Waals surface area (Å²) in [5.41, 5.74) is 1.24. The fourth-order valence-electron chi connectivity index (χ4n) is 2.99. The summed E-state index contributed by atoms with van der Waals surface area (Å²) in [4.78, 5) is 32.8. The number of benzene rings is 1. The molecule has 0 bridgehead atoms. The van der Waals surface area contributed by atoms with Crippen LogP contribution in [0.1, 0.15) is 17.5 Å². The Kier molecular flexibility index (Phi) is 4.48. The summed E-state index contributed by atoms with van der Waals surface area (Å²) in [6.45, 7) is 4.80. The molecule has 1 N–H and O–H groups in total. The fraction of sp³-hybridized carbons (Fsp3) is 0.353. The molecule has 0 aliphatic carbocycles. The van der Waals surface area contributed by atoms with Gasteiger partial charge in [-0.2, -0.15) is 0 Å². The molecule has 2 aromatic heterocycles. The number of thiazole rings is 1. The summed E-state index contributed by atoms with van der Waals surface area (Å²) < 4.78 is 1.07. The lowest BCUT2D eigenvalue weighted by Gasteiger charge is -2.23. The Morgan fingerprint density at radius 3 is 3.04 bits per heavy atom. The number of nitrogens with one attached hydrogen (secondary N) is 1. The van der Waals surface area contributed by atoms with E-state index >= 15 is 0 Å². The molecular weight excluding hydrogens is 352 g/mol. The molecule has 134 valence electrons. The molecule has 3 heterocycles. The van der Waals surface area contributed by atoms with Crippen LogP contribution in [0.15, 0.2) is 29.1 Å². The molecule has 0 atom stereocenters. The molecule has 0 radical (unpaired) electrons. The Balaban J connectivity index is 1.49. The third-order valence-corrected chi connectivity index (χ3v) is 5.42. The zero-order chi connectivity index (χ0) is 18.1. The number of carbonyl (C=O) groups excluding carboxylic acids is 1. The van der Waals surface area contributed by atoms with Gasteiger partial charge in [-0.15, -0.1) is 16.4 Å². The predicted octanol–water partition coefficient (Wildman–Crippen LogP) is 1.26. The topological polar surface area (TPSA) is 93.0 Å². The van der Waals surface area contributed by atoms with Gasteiger partial charge in [0.2, 0.25) is 5.91 Å². The summed E-state index contributed by atoms with van der Waals surface area (Å²) in [7, 11) is 0. The maximum atomic E-state index is 12.4. The van der Waals surface area contributed by atoms with Crippen LogP contribution in [0, 0.1) is 0 Å². The van der Waals surface area contributed by atoms with E-state index in [2.05, 4.69) is 32.4 Å². The van der Waals surface area contributed by atoms with Crippen LogP contribution in [0.2, 0.25) is 0 Å². The van der Waals surface area contributed by atoms with E-state index in [0.717, 1.165) is 36.4 Å². The molecular formula is C17H18N6O2S. The van der Waals surface area contributed by atoms with Crippen molar-refractivity contribution in [2.24, 2.45) is 0 Å². The molecule has 1 amide bonds. The lowest BCUT2D eigenvalue weighted by atomic mass is 10.2. The van der Waals surface area contributed by atoms with E-state index in [0.29, 0.717) is 16.0 Å². The molecule has 1 aliphatic rings. The Hall–Kier alpha value is -2.65. The van der Waals surface area contributed by atoms with Crippen molar-refractivity contribution in [3.8, 4) is 0 Å². The second-order valence-corrected chi connectivity index (χ2v) is 7.21. The number of likely N-dealkylation sites (N-methyl/N-ethyl adjacent to an activating group) is 1. The zero-order valence-electron chi connectivity index (χ0n) is 14.3. The van der Waals surface area contributed by atoms with E-state index in [9.17, 15) is 9.59 Å². The van der Waals surface area contributed by atoms with Crippen molar-refractivity contribution in [1.82, 2.24) is 24.9 Å². The van der Waals surface area contributed by atoms with Crippen LogP contribution in [0.4, 0.5) is 5.13 Å². The van der Waals surface area contributed by atoms with Crippen molar-refractivity contribution in [3.63, 3.8) is 0 Å². The number of hydrogen-bond acceptors (Lipinski definition) is 7.